The lowest BCUT2D eigenvalue weighted by Crippen LogP contribution is -2.20. The van der Waals surface area contributed by atoms with E-state index in [2.05, 4.69) is 10.4 Å². The number of rotatable bonds is 3. The van der Waals surface area contributed by atoms with E-state index in [-0.39, 0.29) is 16.4 Å². The topological polar surface area (TPSA) is 56.1 Å². The Hall–Kier alpha value is -2.71. The van der Waals surface area contributed by atoms with Crippen molar-refractivity contribution in [2.75, 3.05) is 5.32 Å². The van der Waals surface area contributed by atoms with Gasteiger partial charge in [-0.2, -0.15) is 18.3 Å². The van der Waals surface area contributed by atoms with Crippen LogP contribution in [0.5, 0.6) is 5.75 Å². The lowest BCUT2D eigenvalue weighted by atomic mass is 10.3. The van der Waals surface area contributed by atoms with Gasteiger partial charge in [0, 0.05) is 5.02 Å². The third-order valence-electron chi connectivity index (χ3n) is 3.39. The van der Waals surface area contributed by atoms with Crippen molar-refractivity contribution in [3.63, 3.8) is 0 Å². The fourth-order valence-corrected chi connectivity index (χ4v) is 2.55. The van der Waals surface area contributed by atoms with Crippen molar-refractivity contribution in [3.05, 3.63) is 70.5 Å². The smallest absolute Gasteiger partial charge is 0.406 e. The fraction of sp³-hybridized carbons (Fsp3) is 0.0588. The van der Waals surface area contributed by atoms with Gasteiger partial charge in [0.2, 0.25) is 0 Å². The number of anilines is 1. The second-order valence-electron chi connectivity index (χ2n) is 5.24. The molecule has 1 amide bonds. The van der Waals surface area contributed by atoms with Crippen molar-refractivity contribution >= 4 is 35.0 Å². The molecule has 0 saturated heterocycles. The molecule has 0 radical (unpaired) electrons. The zero-order chi connectivity index (χ0) is 19.6. The van der Waals surface area contributed by atoms with Crippen LogP contribution in [0.3, 0.4) is 0 Å². The summed E-state index contributed by atoms with van der Waals surface area (Å²) < 4.78 is 46.0. The number of para-hydroxylation sites is 1. The molecule has 2 aromatic carbocycles. The molecule has 1 aromatic heterocycles. The third-order valence-corrected chi connectivity index (χ3v) is 3.97. The number of aromatic nitrogens is 2. The number of carbonyl (C=O) groups excluding carboxylic acids is 1. The van der Waals surface area contributed by atoms with Crippen molar-refractivity contribution in [3.8, 4) is 11.4 Å². The van der Waals surface area contributed by atoms with Crippen molar-refractivity contribution in [1.29, 1.82) is 0 Å². The van der Waals surface area contributed by atoms with Crippen LogP contribution in [0.15, 0.2) is 54.7 Å². The van der Waals surface area contributed by atoms with Gasteiger partial charge in [-0.05, 0) is 36.4 Å². The minimum atomic E-state index is -4.82. The van der Waals surface area contributed by atoms with Crippen molar-refractivity contribution < 1.29 is 22.7 Å². The predicted molar refractivity (Wildman–Crippen MR) is 94.7 cm³/mol. The van der Waals surface area contributed by atoms with Crippen molar-refractivity contribution in [1.82, 2.24) is 9.78 Å². The van der Waals surface area contributed by atoms with Crippen LogP contribution in [0.2, 0.25) is 10.0 Å². The van der Waals surface area contributed by atoms with Crippen LogP contribution >= 0.6 is 23.2 Å². The monoisotopic (exact) mass is 415 g/mol. The Morgan fingerprint density at radius 1 is 1.07 bits per heavy atom. The van der Waals surface area contributed by atoms with E-state index in [1.54, 1.807) is 12.1 Å². The van der Waals surface area contributed by atoms with E-state index < -0.39 is 23.7 Å². The number of carbonyl (C=O) groups is 1. The number of alkyl halides is 3. The van der Waals surface area contributed by atoms with Gasteiger partial charge in [0.05, 0.1) is 22.6 Å². The fourth-order valence-electron chi connectivity index (χ4n) is 2.24. The molecule has 0 unspecified atom stereocenters. The van der Waals surface area contributed by atoms with Crippen molar-refractivity contribution in [2.45, 2.75) is 6.18 Å². The molecule has 0 fully saturated rings. The summed E-state index contributed by atoms with van der Waals surface area (Å²) in [7, 11) is 0. The van der Waals surface area contributed by atoms with Crippen LogP contribution < -0.4 is 10.1 Å². The standard InChI is InChI=1S/C17H10Cl2F3N3O2/c18-10-5-7-11(8-6-10)25-15(17(20,21)22)14(9-23-25)27-16(26)24-13-4-2-1-3-12(13)19/h1-9H,(H,24,26). The Labute approximate surface area is 161 Å². The van der Waals surface area contributed by atoms with Gasteiger partial charge in [0.1, 0.15) is 0 Å². The molecular weight excluding hydrogens is 406 g/mol. The molecule has 0 aliphatic carbocycles. The predicted octanol–water partition coefficient (Wildman–Crippen LogP) is 5.81. The molecule has 27 heavy (non-hydrogen) atoms. The van der Waals surface area contributed by atoms with Crippen LogP contribution in [0.1, 0.15) is 5.69 Å². The third kappa shape index (κ3) is 4.35. The quantitative estimate of drug-likeness (QED) is 0.587. The Kier molecular flexibility index (Phi) is 5.29. The van der Waals surface area contributed by atoms with Gasteiger partial charge in [0.25, 0.3) is 0 Å². The van der Waals surface area contributed by atoms with Gasteiger partial charge in [-0.25, -0.2) is 9.48 Å². The SMILES string of the molecule is O=C(Nc1ccccc1Cl)Oc1cnn(-c2ccc(Cl)cc2)c1C(F)(F)F. The average Bonchev–Trinajstić information content (AvgIpc) is 3.01. The molecule has 0 saturated carbocycles. The average molecular weight is 416 g/mol. The Bertz CT molecular complexity index is 972. The Morgan fingerprint density at radius 2 is 1.74 bits per heavy atom. The van der Waals surface area contributed by atoms with Crippen molar-refractivity contribution in [2.24, 2.45) is 0 Å². The van der Waals surface area contributed by atoms with Crippen LogP contribution in [-0.4, -0.2) is 15.9 Å². The number of halogens is 5. The summed E-state index contributed by atoms with van der Waals surface area (Å²) in [5.74, 6) is -0.748. The van der Waals surface area contributed by atoms with Gasteiger partial charge < -0.3 is 4.74 Å². The first kappa shape index (κ1) is 19.1. The normalized spacial score (nSPS) is 11.3. The summed E-state index contributed by atoms with van der Waals surface area (Å²) in [6.45, 7) is 0. The maximum absolute atomic E-state index is 13.5. The summed E-state index contributed by atoms with van der Waals surface area (Å²) in [4.78, 5) is 12.0. The van der Waals surface area contributed by atoms with Crippen LogP contribution in [0.4, 0.5) is 23.7 Å². The van der Waals surface area contributed by atoms with E-state index in [0.717, 1.165) is 6.20 Å². The second-order valence-corrected chi connectivity index (χ2v) is 6.08. The van der Waals surface area contributed by atoms with E-state index in [1.165, 1.54) is 36.4 Å². The molecule has 0 aliphatic rings. The number of nitrogens with zero attached hydrogens (tertiary/aromatic N) is 2. The maximum atomic E-state index is 13.5. The van der Waals surface area contributed by atoms with Crippen LogP contribution in [-0.2, 0) is 6.18 Å². The number of benzene rings is 2. The van der Waals surface area contributed by atoms with Crippen LogP contribution in [0.25, 0.3) is 5.69 Å². The highest BCUT2D eigenvalue weighted by Crippen LogP contribution is 2.38. The van der Waals surface area contributed by atoms with Gasteiger partial charge in [-0.15, -0.1) is 0 Å². The molecule has 10 heteroatoms. The molecule has 3 aromatic rings. The lowest BCUT2D eigenvalue weighted by Gasteiger charge is -2.13. The maximum Gasteiger partial charge on any atom is 0.437 e. The summed E-state index contributed by atoms with van der Waals surface area (Å²) in [5, 5.41) is 6.53. The largest absolute Gasteiger partial charge is 0.437 e. The summed E-state index contributed by atoms with van der Waals surface area (Å²) >= 11 is 11.6. The molecule has 0 atom stereocenters. The zero-order valence-electron chi connectivity index (χ0n) is 13.3. The summed E-state index contributed by atoms with van der Waals surface area (Å²) in [6.07, 6.45) is -5.15. The van der Waals surface area contributed by atoms with E-state index in [1.807, 2.05) is 0 Å². The molecule has 0 bridgehead atoms. The van der Waals surface area contributed by atoms with Crippen LogP contribution in [0, 0.1) is 0 Å². The molecule has 1 N–H and O–H groups in total. The molecule has 0 aliphatic heterocycles. The first-order chi connectivity index (χ1) is 12.8. The Balaban J connectivity index is 1.90. The van der Waals surface area contributed by atoms with E-state index >= 15 is 0 Å². The number of amides is 1. The van der Waals surface area contributed by atoms with Gasteiger partial charge in [-0.1, -0.05) is 35.3 Å². The minimum absolute atomic E-state index is 0.105. The van der Waals surface area contributed by atoms with E-state index in [9.17, 15) is 18.0 Å². The summed E-state index contributed by atoms with van der Waals surface area (Å²) in [6, 6.07) is 11.8. The van der Waals surface area contributed by atoms with E-state index in [4.69, 9.17) is 27.9 Å². The first-order valence-corrected chi connectivity index (χ1v) is 8.16. The Morgan fingerprint density at radius 3 is 2.37 bits per heavy atom. The number of nitrogens with one attached hydrogen (secondary N) is 1. The lowest BCUT2D eigenvalue weighted by molar-refractivity contribution is -0.143. The number of hydrogen-bond donors (Lipinski definition) is 1. The van der Waals surface area contributed by atoms with Gasteiger partial charge in [0.15, 0.2) is 11.4 Å². The molecule has 140 valence electrons. The minimum Gasteiger partial charge on any atom is -0.406 e. The molecule has 5 nitrogen and oxygen atoms in total. The molecule has 0 spiro atoms. The number of hydrogen-bond acceptors (Lipinski definition) is 3. The van der Waals surface area contributed by atoms with E-state index in [0.29, 0.717) is 9.70 Å². The molecule has 1 heterocycles. The molecular formula is C17H10Cl2F3N3O2. The highest BCUT2D eigenvalue weighted by Gasteiger charge is 2.40. The van der Waals surface area contributed by atoms with Gasteiger partial charge >= 0.3 is 12.3 Å². The first-order valence-electron chi connectivity index (χ1n) is 7.40. The second kappa shape index (κ2) is 7.50. The zero-order valence-corrected chi connectivity index (χ0v) is 14.8. The highest BCUT2D eigenvalue weighted by molar-refractivity contribution is 6.33. The number of ether oxygens (including phenoxy) is 1. The highest BCUT2D eigenvalue weighted by atomic mass is 35.5. The molecule has 3 rings (SSSR count). The van der Waals surface area contributed by atoms with Gasteiger partial charge in [-0.3, -0.25) is 5.32 Å². The summed E-state index contributed by atoms with van der Waals surface area (Å²) in [5.41, 5.74) is -0.935.